The second-order valence-corrected chi connectivity index (χ2v) is 6.36. The minimum atomic E-state index is 0. The Bertz CT molecular complexity index is 8.00. The third kappa shape index (κ3) is 9.45. The molecule has 0 aromatic heterocycles. The van der Waals surface area contributed by atoms with Crippen LogP contribution in [0.15, 0.2) is 0 Å². The standard InChI is InChI=1S/CH3.Al.H3Si.Zr.H/h1H3;;1H3;;. The van der Waals surface area contributed by atoms with Gasteiger partial charge in [0, 0.05) is 26.2 Å². The number of rotatable bonds is 0. The summed E-state index contributed by atoms with van der Waals surface area (Å²) in [6.45, 7) is 0. The van der Waals surface area contributed by atoms with Crippen molar-refractivity contribution in [2.75, 3.05) is 0 Å². The molecule has 0 atom stereocenters. The number of hydrogen-bond acceptors (Lipinski definition) is 0. The van der Waals surface area contributed by atoms with Gasteiger partial charge in [-0.25, -0.2) is 0 Å². The molecule has 0 saturated carbocycles. The van der Waals surface area contributed by atoms with Crippen molar-refractivity contribution in [1.29, 1.82) is 0 Å². The van der Waals surface area contributed by atoms with Gasteiger partial charge in [0.2, 0.25) is 14.6 Å². The Labute approximate surface area is 55.0 Å². The third-order valence-corrected chi connectivity index (χ3v) is 0. The van der Waals surface area contributed by atoms with Crippen molar-refractivity contribution < 1.29 is 26.2 Å². The topological polar surface area (TPSA) is 0 Å². The van der Waals surface area contributed by atoms with E-state index >= 15 is 0 Å². The van der Waals surface area contributed by atoms with Crippen molar-refractivity contribution >= 4 is 23.4 Å². The minimum absolute atomic E-state index is 0. The van der Waals surface area contributed by atoms with Crippen molar-refractivity contribution in [3.63, 3.8) is 0 Å². The monoisotopic (exact) mass is 164 g/mol. The first-order valence-electron chi connectivity index (χ1n) is 1.41. The fourth-order valence-corrected chi connectivity index (χ4v) is 0. The molecule has 0 aliphatic rings. The molecule has 0 bridgehead atoms. The maximum Gasteiger partial charge on any atom is 0.213 e. The van der Waals surface area contributed by atoms with Gasteiger partial charge in [0.05, 0.1) is 0 Å². The molecule has 0 heterocycles. The SMILES string of the molecule is [CH3][AlH][SiH3].[Zr]. The zero-order valence-electron chi connectivity index (χ0n) is 3.21. The van der Waals surface area contributed by atoms with Gasteiger partial charge in [-0.3, -0.25) is 0 Å². The molecule has 0 spiro atoms. The van der Waals surface area contributed by atoms with Crippen LogP contribution in [-0.4, -0.2) is 23.4 Å². The summed E-state index contributed by atoms with van der Waals surface area (Å²) in [5.74, 6) is 2.33. The maximum atomic E-state index is 2.33. The van der Waals surface area contributed by atoms with E-state index in [0.717, 1.165) is 0 Å². The first-order valence-corrected chi connectivity index (χ1v) is 8.49. The van der Waals surface area contributed by atoms with E-state index in [0.29, 0.717) is 14.6 Å². The van der Waals surface area contributed by atoms with Gasteiger partial charge in [-0.15, -0.1) is 5.79 Å². The Morgan fingerprint density at radius 2 is 1.75 bits per heavy atom. The fourth-order valence-electron chi connectivity index (χ4n) is 0. The van der Waals surface area contributed by atoms with Crippen LogP contribution in [0.3, 0.4) is 0 Å². The van der Waals surface area contributed by atoms with E-state index < -0.39 is 0 Å². The number of hydrogen-bond donors (Lipinski definition) is 0. The first-order chi connectivity index (χ1) is 1.41. The summed E-state index contributed by atoms with van der Waals surface area (Å²) in [5.41, 5.74) is 0. The molecular weight excluding hydrogens is 158 g/mol. The average molecular weight is 165 g/mol. The Morgan fingerprint density at radius 3 is 1.75 bits per heavy atom. The third-order valence-electron chi connectivity index (χ3n) is 0. The molecule has 0 aliphatic heterocycles. The van der Waals surface area contributed by atoms with Crippen molar-refractivity contribution in [2.45, 2.75) is 5.79 Å². The molecular formula is CH7AlSiZr. The van der Waals surface area contributed by atoms with E-state index in [4.69, 9.17) is 0 Å². The second kappa shape index (κ2) is 8.82. The molecule has 0 amide bonds. The van der Waals surface area contributed by atoms with Gasteiger partial charge in [-0.2, -0.15) is 0 Å². The molecule has 0 rings (SSSR count). The van der Waals surface area contributed by atoms with Crippen LogP contribution in [0, 0.1) is 0 Å². The summed E-state index contributed by atoms with van der Waals surface area (Å²) in [6, 6.07) is 0. The largest absolute Gasteiger partial charge is 0.213 e. The van der Waals surface area contributed by atoms with Crippen LogP contribution in [0.1, 0.15) is 0 Å². The molecule has 0 aliphatic carbocycles. The molecule has 0 nitrogen and oxygen atoms in total. The van der Waals surface area contributed by atoms with E-state index in [2.05, 4.69) is 5.79 Å². The van der Waals surface area contributed by atoms with E-state index in [1.807, 2.05) is 0 Å². The first kappa shape index (κ1) is 9.16. The summed E-state index contributed by atoms with van der Waals surface area (Å²) < 4.78 is 0. The predicted molar refractivity (Wildman–Crippen MR) is 23.0 cm³/mol. The van der Waals surface area contributed by atoms with Gasteiger partial charge in [0.25, 0.3) is 0 Å². The van der Waals surface area contributed by atoms with E-state index in [-0.39, 0.29) is 26.2 Å². The smallest absolute Gasteiger partial charge is 0.112 e. The Hall–Kier alpha value is 1.63. The molecule has 4 heavy (non-hydrogen) atoms. The Kier molecular flexibility index (Phi) is 20.2. The predicted octanol–water partition coefficient (Wildman–Crippen LogP) is -1.25. The van der Waals surface area contributed by atoms with Crippen LogP contribution in [-0.2, 0) is 26.2 Å². The molecule has 0 fully saturated rings. The van der Waals surface area contributed by atoms with E-state index in [1.165, 1.54) is 8.80 Å². The second-order valence-electron chi connectivity index (χ2n) is 0.707. The van der Waals surface area contributed by atoms with E-state index in [9.17, 15) is 0 Å². The van der Waals surface area contributed by atoms with Crippen molar-refractivity contribution in [3.05, 3.63) is 0 Å². The Balaban J connectivity index is 0. The van der Waals surface area contributed by atoms with Crippen LogP contribution in [0.5, 0.6) is 0 Å². The molecule has 0 unspecified atom stereocenters. The summed E-state index contributed by atoms with van der Waals surface area (Å²) in [5, 5.41) is 0. The zero-order valence-corrected chi connectivity index (χ0v) is 9.08. The average Bonchev–Trinajstić information content (AvgIpc) is 0.918. The molecule has 0 N–H and O–H groups in total. The molecule has 0 saturated heterocycles. The van der Waals surface area contributed by atoms with Crippen LogP contribution in [0.2, 0.25) is 5.79 Å². The van der Waals surface area contributed by atoms with Gasteiger partial charge < -0.3 is 0 Å². The normalized spacial score (nSPS) is 4.25. The van der Waals surface area contributed by atoms with E-state index in [1.54, 1.807) is 0 Å². The van der Waals surface area contributed by atoms with Crippen molar-refractivity contribution in [2.24, 2.45) is 0 Å². The van der Waals surface area contributed by atoms with Gasteiger partial charge in [0.1, 0.15) is 0 Å². The van der Waals surface area contributed by atoms with Crippen LogP contribution < -0.4 is 0 Å². The molecule has 0 radical (unpaired) electrons. The summed E-state index contributed by atoms with van der Waals surface area (Å²) in [7, 11) is 1.51. The van der Waals surface area contributed by atoms with Crippen molar-refractivity contribution in [1.82, 2.24) is 0 Å². The summed E-state index contributed by atoms with van der Waals surface area (Å²) in [6.07, 6.45) is 0. The van der Waals surface area contributed by atoms with Gasteiger partial charge in [-0.1, -0.05) is 0 Å². The van der Waals surface area contributed by atoms with Crippen LogP contribution >= 0.6 is 0 Å². The van der Waals surface area contributed by atoms with Gasteiger partial charge in [-0.05, 0) is 8.80 Å². The quantitative estimate of drug-likeness (QED) is 0.394. The minimum Gasteiger partial charge on any atom is -0.112 e. The van der Waals surface area contributed by atoms with Gasteiger partial charge >= 0.3 is 0 Å². The molecule has 3 heteroatoms. The zero-order chi connectivity index (χ0) is 2.71. The summed E-state index contributed by atoms with van der Waals surface area (Å²) >= 11 is 0.556. The van der Waals surface area contributed by atoms with Crippen molar-refractivity contribution in [3.8, 4) is 0 Å². The molecule has 0 aromatic rings. The van der Waals surface area contributed by atoms with Crippen LogP contribution in [0.4, 0.5) is 0 Å². The summed E-state index contributed by atoms with van der Waals surface area (Å²) in [4.78, 5) is 0. The molecule has 22 valence electrons. The maximum absolute atomic E-state index is 2.33. The Morgan fingerprint density at radius 1 is 1.75 bits per heavy atom. The van der Waals surface area contributed by atoms with Gasteiger partial charge in [0.15, 0.2) is 0 Å². The fraction of sp³-hybridized carbons (Fsp3) is 1.00. The molecule has 0 aromatic carbocycles. The van der Waals surface area contributed by atoms with Crippen LogP contribution in [0.25, 0.3) is 0 Å².